The summed E-state index contributed by atoms with van der Waals surface area (Å²) in [5, 5.41) is 5.86. The number of amides is 4. The normalized spacial score (nSPS) is 27.5. The van der Waals surface area contributed by atoms with Crippen molar-refractivity contribution in [2.45, 2.75) is 76.8 Å². The van der Waals surface area contributed by atoms with E-state index in [1.54, 1.807) is 0 Å². The summed E-state index contributed by atoms with van der Waals surface area (Å²) >= 11 is 0. The van der Waals surface area contributed by atoms with E-state index in [9.17, 15) is 14.4 Å². The van der Waals surface area contributed by atoms with Gasteiger partial charge in [0.2, 0.25) is 5.91 Å². The average Bonchev–Trinajstić information content (AvgIpc) is 2.94. The maximum absolute atomic E-state index is 13.0. The van der Waals surface area contributed by atoms with Gasteiger partial charge in [-0.15, -0.1) is 0 Å². The Balaban J connectivity index is 1.40. The fraction of sp³-hybridized carbons (Fsp3) is 0.609. The number of carbonyl (C=O) groups is 3. The zero-order valence-corrected chi connectivity index (χ0v) is 17.4. The molecule has 4 amide bonds. The first-order chi connectivity index (χ1) is 13.9. The molecular formula is C23H31N3O3. The van der Waals surface area contributed by atoms with Crippen molar-refractivity contribution in [3.8, 4) is 0 Å². The minimum absolute atomic E-state index is 0.0928. The van der Waals surface area contributed by atoms with Crippen LogP contribution in [0.15, 0.2) is 18.2 Å². The minimum Gasteiger partial charge on any atom is -0.348 e. The molecule has 6 nitrogen and oxygen atoms in total. The van der Waals surface area contributed by atoms with Crippen LogP contribution in [0.1, 0.15) is 75.1 Å². The van der Waals surface area contributed by atoms with Crippen LogP contribution < -0.4 is 10.6 Å². The second-order valence-electron chi connectivity index (χ2n) is 8.96. The summed E-state index contributed by atoms with van der Waals surface area (Å²) in [7, 11) is 0. The fourth-order valence-corrected chi connectivity index (χ4v) is 5.18. The van der Waals surface area contributed by atoms with Crippen LogP contribution in [0, 0.1) is 5.92 Å². The molecule has 0 aromatic heterocycles. The fourth-order valence-electron chi connectivity index (χ4n) is 5.18. The zero-order chi connectivity index (χ0) is 20.6. The lowest BCUT2D eigenvalue weighted by Gasteiger charge is -2.36. The van der Waals surface area contributed by atoms with E-state index in [4.69, 9.17) is 0 Å². The predicted molar refractivity (Wildman–Crippen MR) is 110 cm³/mol. The molecule has 4 rings (SSSR count). The molecule has 2 aliphatic carbocycles. The van der Waals surface area contributed by atoms with Crippen molar-refractivity contribution < 1.29 is 14.4 Å². The molecule has 3 atom stereocenters. The molecule has 2 N–H and O–H groups in total. The number of carbonyl (C=O) groups excluding carboxylic acids is 3. The molecule has 0 radical (unpaired) electrons. The van der Waals surface area contributed by atoms with E-state index >= 15 is 0 Å². The molecule has 29 heavy (non-hydrogen) atoms. The van der Waals surface area contributed by atoms with E-state index in [0.29, 0.717) is 6.42 Å². The molecule has 1 heterocycles. The van der Waals surface area contributed by atoms with E-state index in [-0.39, 0.29) is 30.3 Å². The number of nitrogens with one attached hydrogen (secondary N) is 2. The number of aryl methyl sites for hydroxylation is 2. The van der Waals surface area contributed by atoms with Gasteiger partial charge in [0.15, 0.2) is 0 Å². The van der Waals surface area contributed by atoms with E-state index in [1.807, 2.05) is 13.8 Å². The molecule has 3 aliphatic rings. The number of benzene rings is 1. The van der Waals surface area contributed by atoms with Gasteiger partial charge in [0.05, 0.1) is 6.04 Å². The maximum atomic E-state index is 13.0. The van der Waals surface area contributed by atoms with Crippen LogP contribution in [0.3, 0.4) is 0 Å². The van der Waals surface area contributed by atoms with Gasteiger partial charge in [-0.1, -0.05) is 38.0 Å². The standard InChI is InChI=1S/C23H31N3O3/c1-15-7-5-6-12-23(15)21(28)26(22(29)25-23)14-20(27)24-16(2)18-11-10-17-8-3-4-9-19(17)13-18/h10-11,13,15-16H,3-9,12,14H2,1-2H3,(H,24,27)(H,25,29)/t15-,16+,23+/m1/s1. The molecular weight excluding hydrogens is 366 g/mol. The molecule has 2 fully saturated rings. The Morgan fingerprint density at radius 1 is 1.21 bits per heavy atom. The molecule has 0 unspecified atom stereocenters. The third-order valence-electron chi connectivity index (χ3n) is 7.05. The van der Waals surface area contributed by atoms with Gasteiger partial charge in [-0.3, -0.25) is 14.5 Å². The van der Waals surface area contributed by atoms with Crippen molar-refractivity contribution in [3.05, 3.63) is 34.9 Å². The van der Waals surface area contributed by atoms with Crippen molar-refractivity contribution in [2.24, 2.45) is 5.92 Å². The van der Waals surface area contributed by atoms with Crippen LogP contribution in [-0.2, 0) is 22.4 Å². The van der Waals surface area contributed by atoms with Gasteiger partial charge in [-0.05, 0) is 68.1 Å². The number of rotatable bonds is 4. The third kappa shape index (κ3) is 3.65. The molecule has 1 spiro atoms. The lowest BCUT2D eigenvalue weighted by Crippen LogP contribution is -2.54. The smallest absolute Gasteiger partial charge is 0.325 e. The van der Waals surface area contributed by atoms with E-state index in [0.717, 1.165) is 42.6 Å². The molecule has 1 aromatic carbocycles. The van der Waals surface area contributed by atoms with Crippen LogP contribution in [0.5, 0.6) is 0 Å². The number of hydrogen-bond acceptors (Lipinski definition) is 3. The molecule has 1 saturated carbocycles. The highest BCUT2D eigenvalue weighted by molar-refractivity contribution is 6.09. The Hall–Kier alpha value is -2.37. The highest BCUT2D eigenvalue weighted by Gasteiger charge is 2.55. The second-order valence-corrected chi connectivity index (χ2v) is 8.96. The summed E-state index contributed by atoms with van der Waals surface area (Å²) in [6.07, 6.45) is 8.24. The van der Waals surface area contributed by atoms with Crippen molar-refractivity contribution >= 4 is 17.8 Å². The predicted octanol–water partition coefficient (Wildman–Crippen LogP) is 3.24. The Bertz CT molecular complexity index is 837. The average molecular weight is 398 g/mol. The van der Waals surface area contributed by atoms with Crippen molar-refractivity contribution in [1.29, 1.82) is 0 Å². The third-order valence-corrected chi connectivity index (χ3v) is 7.05. The first-order valence-corrected chi connectivity index (χ1v) is 11.0. The quantitative estimate of drug-likeness (QED) is 0.766. The lowest BCUT2D eigenvalue weighted by atomic mass is 9.73. The van der Waals surface area contributed by atoms with E-state index < -0.39 is 11.6 Å². The minimum atomic E-state index is -0.820. The van der Waals surface area contributed by atoms with E-state index in [1.165, 1.54) is 24.0 Å². The summed E-state index contributed by atoms with van der Waals surface area (Å²) in [5.41, 5.74) is 3.02. The first kappa shape index (κ1) is 19.9. The van der Waals surface area contributed by atoms with Crippen LogP contribution in [0.4, 0.5) is 4.79 Å². The van der Waals surface area contributed by atoms with Gasteiger partial charge in [-0.25, -0.2) is 4.79 Å². The largest absolute Gasteiger partial charge is 0.348 e. The molecule has 156 valence electrons. The number of urea groups is 1. The SMILES string of the molecule is C[C@H](NC(=O)CN1C(=O)N[C@]2(CCCC[C@H]2C)C1=O)c1ccc2c(c1)CCCC2. The Kier molecular flexibility index (Phi) is 5.36. The molecule has 0 bridgehead atoms. The second kappa shape index (κ2) is 7.81. The van der Waals surface area contributed by atoms with Gasteiger partial charge in [0.25, 0.3) is 5.91 Å². The maximum Gasteiger partial charge on any atom is 0.325 e. The first-order valence-electron chi connectivity index (χ1n) is 11.0. The van der Waals surface area contributed by atoms with Crippen LogP contribution >= 0.6 is 0 Å². The van der Waals surface area contributed by atoms with Gasteiger partial charge in [-0.2, -0.15) is 0 Å². The number of imide groups is 1. The number of nitrogens with zero attached hydrogens (tertiary/aromatic N) is 1. The summed E-state index contributed by atoms with van der Waals surface area (Å²) in [6, 6.07) is 5.81. The Morgan fingerprint density at radius 3 is 2.72 bits per heavy atom. The summed E-state index contributed by atoms with van der Waals surface area (Å²) in [6.45, 7) is 3.73. The van der Waals surface area contributed by atoms with Gasteiger partial charge >= 0.3 is 6.03 Å². The van der Waals surface area contributed by atoms with Gasteiger partial charge in [0.1, 0.15) is 12.1 Å². The summed E-state index contributed by atoms with van der Waals surface area (Å²) in [4.78, 5) is 39.2. The summed E-state index contributed by atoms with van der Waals surface area (Å²) in [5.74, 6) is -0.458. The van der Waals surface area contributed by atoms with E-state index in [2.05, 4.69) is 28.8 Å². The Morgan fingerprint density at radius 2 is 1.97 bits per heavy atom. The lowest BCUT2D eigenvalue weighted by molar-refractivity contribution is -0.137. The Labute approximate surface area is 172 Å². The van der Waals surface area contributed by atoms with Crippen LogP contribution in [0.2, 0.25) is 0 Å². The molecule has 1 saturated heterocycles. The van der Waals surface area contributed by atoms with Crippen LogP contribution in [0.25, 0.3) is 0 Å². The zero-order valence-electron chi connectivity index (χ0n) is 17.4. The molecule has 1 aliphatic heterocycles. The van der Waals surface area contributed by atoms with Crippen LogP contribution in [-0.4, -0.2) is 34.8 Å². The van der Waals surface area contributed by atoms with Crippen molar-refractivity contribution in [2.75, 3.05) is 6.54 Å². The highest BCUT2D eigenvalue weighted by atomic mass is 16.2. The topological polar surface area (TPSA) is 78.5 Å². The van der Waals surface area contributed by atoms with Gasteiger partial charge in [0, 0.05) is 0 Å². The van der Waals surface area contributed by atoms with Gasteiger partial charge < -0.3 is 10.6 Å². The van der Waals surface area contributed by atoms with Crippen molar-refractivity contribution in [3.63, 3.8) is 0 Å². The number of fused-ring (bicyclic) bond motifs is 1. The molecule has 1 aromatic rings. The monoisotopic (exact) mass is 397 g/mol. The van der Waals surface area contributed by atoms with Crippen molar-refractivity contribution in [1.82, 2.24) is 15.5 Å². The highest BCUT2D eigenvalue weighted by Crippen LogP contribution is 2.38. The number of hydrogen-bond donors (Lipinski definition) is 2. The molecule has 6 heteroatoms. The summed E-state index contributed by atoms with van der Waals surface area (Å²) < 4.78 is 0.